The van der Waals surface area contributed by atoms with Gasteiger partial charge in [-0.2, -0.15) is 5.10 Å². The van der Waals surface area contributed by atoms with E-state index in [2.05, 4.69) is 53.5 Å². The number of benzene rings is 1. The summed E-state index contributed by atoms with van der Waals surface area (Å²) in [5, 5.41) is 7.67. The van der Waals surface area contributed by atoms with Gasteiger partial charge in [0.1, 0.15) is 12.7 Å². The highest BCUT2D eigenvalue weighted by atomic mass is 15.3. The minimum Gasteiger partial charge on any atom is -0.383 e. The summed E-state index contributed by atoms with van der Waals surface area (Å²) in [5.41, 5.74) is 2.19. The molecule has 1 unspecified atom stereocenters. The quantitative estimate of drug-likeness (QED) is 0.737. The van der Waals surface area contributed by atoms with E-state index in [0.717, 1.165) is 11.4 Å². The molecule has 0 spiro atoms. The van der Waals surface area contributed by atoms with Gasteiger partial charge in [0.15, 0.2) is 0 Å². The predicted molar refractivity (Wildman–Crippen MR) is 83.2 cm³/mol. The van der Waals surface area contributed by atoms with E-state index in [9.17, 15) is 0 Å². The molecule has 4 nitrogen and oxygen atoms in total. The van der Waals surface area contributed by atoms with Gasteiger partial charge in [0.2, 0.25) is 0 Å². The van der Waals surface area contributed by atoms with Crippen molar-refractivity contribution in [2.75, 3.05) is 5.32 Å². The number of hydrogen-bond acceptors (Lipinski definition) is 3. The summed E-state index contributed by atoms with van der Waals surface area (Å²) in [5.74, 6) is 0. The van der Waals surface area contributed by atoms with Crippen LogP contribution in [0.3, 0.4) is 0 Å². The van der Waals surface area contributed by atoms with Crippen LogP contribution in [0.15, 0.2) is 36.9 Å². The third-order valence-electron chi connectivity index (χ3n) is 3.45. The normalized spacial score (nSPS) is 12.3. The zero-order valence-corrected chi connectivity index (χ0v) is 12.4. The van der Waals surface area contributed by atoms with E-state index in [-0.39, 0.29) is 0 Å². The molecule has 0 aliphatic rings. The Bertz CT molecular complexity index is 476. The van der Waals surface area contributed by atoms with Crippen molar-refractivity contribution >= 4 is 5.69 Å². The average molecular weight is 272 g/mol. The van der Waals surface area contributed by atoms with Gasteiger partial charge in [-0.3, -0.25) is 0 Å². The summed E-state index contributed by atoms with van der Waals surface area (Å²) in [7, 11) is 0. The van der Waals surface area contributed by atoms with Crippen LogP contribution in [-0.4, -0.2) is 20.8 Å². The molecule has 0 aliphatic heterocycles. The van der Waals surface area contributed by atoms with E-state index < -0.39 is 0 Å². The van der Waals surface area contributed by atoms with Crippen molar-refractivity contribution in [3.05, 3.63) is 36.9 Å². The van der Waals surface area contributed by atoms with Gasteiger partial charge in [-0.05, 0) is 37.6 Å². The van der Waals surface area contributed by atoms with Crippen molar-refractivity contribution < 1.29 is 0 Å². The third kappa shape index (κ3) is 4.37. The van der Waals surface area contributed by atoms with Gasteiger partial charge in [-0.15, -0.1) is 0 Å². The fourth-order valence-electron chi connectivity index (χ4n) is 2.29. The summed E-state index contributed by atoms with van der Waals surface area (Å²) in [6.07, 6.45) is 9.77. The van der Waals surface area contributed by atoms with E-state index in [4.69, 9.17) is 0 Å². The highest BCUT2D eigenvalue weighted by Crippen LogP contribution is 2.15. The van der Waals surface area contributed by atoms with Crippen LogP contribution in [0, 0.1) is 0 Å². The average Bonchev–Trinajstić information content (AvgIpc) is 2.99. The first-order chi connectivity index (χ1) is 9.79. The van der Waals surface area contributed by atoms with Gasteiger partial charge < -0.3 is 5.32 Å². The highest BCUT2D eigenvalue weighted by molar-refractivity contribution is 5.48. The Morgan fingerprint density at radius 2 is 1.95 bits per heavy atom. The van der Waals surface area contributed by atoms with Crippen molar-refractivity contribution in [1.29, 1.82) is 0 Å². The second-order valence-electron chi connectivity index (χ2n) is 5.28. The molecule has 0 amide bonds. The summed E-state index contributed by atoms with van der Waals surface area (Å²) in [6, 6.07) is 8.82. The van der Waals surface area contributed by atoms with Gasteiger partial charge in [0, 0.05) is 11.7 Å². The first-order valence-corrected chi connectivity index (χ1v) is 7.51. The van der Waals surface area contributed by atoms with Crippen LogP contribution in [0.25, 0.3) is 5.69 Å². The summed E-state index contributed by atoms with van der Waals surface area (Å²) in [4.78, 5) is 3.95. The van der Waals surface area contributed by atoms with E-state index in [1.807, 2.05) is 0 Å². The van der Waals surface area contributed by atoms with Crippen molar-refractivity contribution in [3.8, 4) is 5.69 Å². The Labute approximate surface area is 121 Å². The van der Waals surface area contributed by atoms with Crippen LogP contribution in [-0.2, 0) is 0 Å². The summed E-state index contributed by atoms with van der Waals surface area (Å²) < 4.78 is 1.76. The smallest absolute Gasteiger partial charge is 0.138 e. The molecular formula is C16H24N4. The number of aromatic nitrogens is 3. The molecular weight excluding hydrogens is 248 g/mol. The molecule has 2 rings (SSSR count). The maximum Gasteiger partial charge on any atom is 0.138 e. The molecule has 0 saturated heterocycles. The van der Waals surface area contributed by atoms with Gasteiger partial charge in [-0.25, -0.2) is 9.67 Å². The maximum atomic E-state index is 4.12. The van der Waals surface area contributed by atoms with Crippen molar-refractivity contribution in [2.24, 2.45) is 0 Å². The third-order valence-corrected chi connectivity index (χ3v) is 3.45. The van der Waals surface area contributed by atoms with E-state index in [1.165, 1.54) is 32.1 Å². The summed E-state index contributed by atoms with van der Waals surface area (Å²) in [6.45, 7) is 4.50. The number of rotatable bonds is 8. The minimum absolute atomic E-state index is 0.518. The van der Waals surface area contributed by atoms with Crippen LogP contribution >= 0.6 is 0 Å². The Morgan fingerprint density at radius 1 is 1.15 bits per heavy atom. The lowest BCUT2D eigenvalue weighted by Gasteiger charge is -2.15. The lowest BCUT2D eigenvalue weighted by atomic mass is 10.1. The molecule has 1 aromatic carbocycles. The Balaban J connectivity index is 1.81. The number of unbranched alkanes of at least 4 members (excludes halogenated alkanes) is 3. The maximum absolute atomic E-state index is 4.12. The van der Waals surface area contributed by atoms with Crippen LogP contribution in [0.4, 0.5) is 5.69 Å². The number of hydrogen-bond donors (Lipinski definition) is 1. The zero-order valence-electron chi connectivity index (χ0n) is 12.4. The summed E-state index contributed by atoms with van der Waals surface area (Å²) >= 11 is 0. The van der Waals surface area contributed by atoms with E-state index >= 15 is 0 Å². The van der Waals surface area contributed by atoms with Gasteiger partial charge in [-0.1, -0.05) is 32.6 Å². The Morgan fingerprint density at radius 3 is 2.60 bits per heavy atom. The molecule has 1 aromatic heterocycles. The first kappa shape index (κ1) is 14.6. The molecule has 1 N–H and O–H groups in total. The van der Waals surface area contributed by atoms with E-state index in [0.29, 0.717) is 6.04 Å². The Kier molecular flexibility index (Phi) is 5.59. The molecule has 1 heterocycles. The van der Waals surface area contributed by atoms with Crippen LogP contribution in [0.5, 0.6) is 0 Å². The topological polar surface area (TPSA) is 42.7 Å². The number of anilines is 1. The SMILES string of the molecule is CCCCCCC(C)Nc1ccc(-n2cncn2)cc1. The molecule has 1 atom stereocenters. The monoisotopic (exact) mass is 272 g/mol. The zero-order chi connectivity index (χ0) is 14.2. The molecule has 0 bridgehead atoms. The molecule has 108 valence electrons. The molecule has 2 aromatic rings. The van der Waals surface area contributed by atoms with Crippen molar-refractivity contribution in [1.82, 2.24) is 14.8 Å². The molecule has 20 heavy (non-hydrogen) atoms. The number of nitrogens with one attached hydrogen (secondary N) is 1. The van der Waals surface area contributed by atoms with Crippen LogP contribution in [0.1, 0.15) is 46.0 Å². The first-order valence-electron chi connectivity index (χ1n) is 7.51. The molecule has 0 aliphatic carbocycles. The van der Waals surface area contributed by atoms with Gasteiger partial charge in [0.25, 0.3) is 0 Å². The highest BCUT2D eigenvalue weighted by Gasteiger charge is 2.02. The lowest BCUT2D eigenvalue weighted by molar-refractivity contribution is 0.594. The second kappa shape index (κ2) is 7.68. The largest absolute Gasteiger partial charge is 0.383 e. The fraction of sp³-hybridized carbons (Fsp3) is 0.500. The van der Waals surface area contributed by atoms with Gasteiger partial charge in [0.05, 0.1) is 5.69 Å². The second-order valence-corrected chi connectivity index (χ2v) is 5.28. The molecule has 0 radical (unpaired) electrons. The predicted octanol–water partition coefficient (Wildman–Crippen LogP) is 4.04. The molecule has 0 fully saturated rings. The van der Waals surface area contributed by atoms with Gasteiger partial charge >= 0.3 is 0 Å². The minimum atomic E-state index is 0.518. The number of nitrogens with zero attached hydrogens (tertiary/aromatic N) is 3. The van der Waals surface area contributed by atoms with E-state index in [1.54, 1.807) is 17.3 Å². The molecule has 4 heteroatoms. The standard InChI is InChI=1S/C16H24N4/c1-3-4-5-6-7-14(2)19-15-8-10-16(11-9-15)20-13-17-12-18-20/h8-14,19H,3-7H2,1-2H3. The van der Waals surface area contributed by atoms with Crippen molar-refractivity contribution in [3.63, 3.8) is 0 Å². The Hall–Kier alpha value is -1.84. The lowest BCUT2D eigenvalue weighted by Crippen LogP contribution is -2.14. The molecule has 0 saturated carbocycles. The van der Waals surface area contributed by atoms with Crippen LogP contribution < -0.4 is 5.32 Å². The van der Waals surface area contributed by atoms with Crippen LogP contribution in [0.2, 0.25) is 0 Å². The van der Waals surface area contributed by atoms with Crippen molar-refractivity contribution in [2.45, 2.75) is 52.0 Å². The fourth-order valence-corrected chi connectivity index (χ4v) is 2.29.